The summed E-state index contributed by atoms with van der Waals surface area (Å²) in [5, 5.41) is 3.20. The molecule has 28 heavy (non-hydrogen) atoms. The van der Waals surface area contributed by atoms with Crippen molar-refractivity contribution in [2.75, 3.05) is 12.0 Å². The van der Waals surface area contributed by atoms with Gasteiger partial charge in [-0.2, -0.15) is 0 Å². The van der Waals surface area contributed by atoms with Gasteiger partial charge >= 0.3 is 5.97 Å². The van der Waals surface area contributed by atoms with Gasteiger partial charge < -0.3 is 10.1 Å². The van der Waals surface area contributed by atoms with Gasteiger partial charge in [-0.15, -0.1) is 0 Å². The van der Waals surface area contributed by atoms with Crippen LogP contribution in [0.15, 0.2) is 59.8 Å². The number of hydrogen-bond acceptors (Lipinski definition) is 4. The number of nitrogens with zero attached hydrogens (tertiary/aromatic N) is 1. The molecule has 0 fully saturated rings. The van der Waals surface area contributed by atoms with Crippen molar-refractivity contribution in [3.05, 3.63) is 77.0 Å². The zero-order chi connectivity index (χ0) is 20.4. The molecule has 8 heteroatoms. The molecule has 0 aliphatic carbocycles. The first-order valence-electron chi connectivity index (χ1n) is 8.29. The Balaban J connectivity index is 2.18. The highest BCUT2D eigenvalue weighted by Gasteiger charge is 2.37. The summed E-state index contributed by atoms with van der Waals surface area (Å²) in [5.41, 5.74) is 1.35. The molecule has 0 radical (unpaired) electrons. The molecule has 1 atom stereocenters. The maximum atomic E-state index is 13.8. The molecule has 1 heterocycles. The Morgan fingerprint density at radius 3 is 2.39 bits per heavy atom. The molecule has 0 amide bonds. The molecule has 1 aliphatic heterocycles. The fraction of sp³-hybridized carbons (Fsp3) is 0.150. The molecule has 1 N–H and O–H groups in total. The summed E-state index contributed by atoms with van der Waals surface area (Å²) in [6.45, 7) is 1.63. The second-order valence-electron chi connectivity index (χ2n) is 6.05. The lowest BCUT2D eigenvalue weighted by molar-refractivity contribution is -0.150. The summed E-state index contributed by atoms with van der Waals surface area (Å²) in [6.07, 6.45) is 0. The largest absolute Gasteiger partial charge is 0.463 e. The first-order chi connectivity index (χ1) is 13.3. The molecule has 2 aromatic carbocycles. The van der Waals surface area contributed by atoms with E-state index in [1.54, 1.807) is 36.1 Å². The highest BCUT2D eigenvalue weighted by molar-refractivity contribution is 7.80. The third kappa shape index (κ3) is 3.50. The van der Waals surface area contributed by atoms with Crippen LogP contribution in [0.5, 0.6) is 0 Å². The van der Waals surface area contributed by atoms with Gasteiger partial charge in [0.25, 0.3) is 5.78 Å². The Hall–Kier alpha value is -3.13. The Kier molecular flexibility index (Phi) is 5.51. The van der Waals surface area contributed by atoms with Crippen molar-refractivity contribution in [1.82, 2.24) is 5.32 Å². The van der Waals surface area contributed by atoms with Gasteiger partial charge in [0.1, 0.15) is 0 Å². The number of thiocarbonyl (C=S) groups is 1. The van der Waals surface area contributed by atoms with E-state index < -0.39 is 29.4 Å². The summed E-state index contributed by atoms with van der Waals surface area (Å²) in [5.74, 6) is -4.05. The minimum absolute atomic E-state index is 0.0373. The minimum Gasteiger partial charge on any atom is -0.463 e. The van der Waals surface area contributed by atoms with Crippen LogP contribution >= 0.6 is 12.2 Å². The van der Waals surface area contributed by atoms with Crippen LogP contribution < -0.4 is 10.2 Å². The minimum atomic E-state index is -1.07. The van der Waals surface area contributed by atoms with E-state index in [0.717, 1.165) is 19.2 Å². The molecular weight excluding hydrogens is 386 g/mol. The molecule has 144 valence electrons. The quantitative estimate of drug-likeness (QED) is 0.481. The molecule has 0 saturated carbocycles. The summed E-state index contributed by atoms with van der Waals surface area (Å²) in [4.78, 5) is 26.3. The van der Waals surface area contributed by atoms with Gasteiger partial charge in [-0.05, 0) is 49.0 Å². The fourth-order valence-electron chi connectivity index (χ4n) is 3.07. The van der Waals surface area contributed by atoms with Crippen LogP contribution in [0.2, 0.25) is 0 Å². The molecule has 5 nitrogen and oxygen atoms in total. The number of Topliss-reactive ketones (excluding diaryl/α,β-unsaturated/α-hetero) is 1. The van der Waals surface area contributed by atoms with Gasteiger partial charge in [-0.3, -0.25) is 9.69 Å². The van der Waals surface area contributed by atoms with E-state index in [2.05, 4.69) is 10.1 Å². The van der Waals surface area contributed by atoms with Gasteiger partial charge in [0.05, 0.1) is 18.7 Å². The van der Waals surface area contributed by atoms with Crippen molar-refractivity contribution >= 4 is 34.8 Å². The number of hydrogen-bond donors (Lipinski definition) is 1. The van der Waals surface area contributed by atoms with Crippen LogP contribution in [0.3, 0.4) is 0 Å². The van der Waals surface area contributed by atoms with Crippen LogP contribution in [0, 0.1) is 11.6 Å². The lowest BCUT2D eigenvalue weighted by Gasteiger charge is -2.37. The van der Waals surface area contributed by atoms with Crippen molar-refractivity contribution in [2.24, 2.45) is 0 Å². The van der Waals surface area contributed by atoms with Crippen molar-refractivity contribution in [3.63, 3.8) is 0 Å². The molecule has 2 aromatic rings. The Morgan fingerprint density at radius 2 is 1.79 bits per heavy atom. The number of halogens is 2. The number of carbonyl (C=O) groups excluding carboxylic acids is 2. The second-order valence-corrected chi connectivity index (χ2v) is 6.43. The van der Waals surface area contributed by atoms with Crippen LogP contribution in [-0.4, -0.2) is 24.0 Å². The third-order valence-corrected chi connectivity index (χ3v) is 4.69. The average molecular weight is 402 g/mol. The highest BCUT2D eigenvalue weighted by atomic mass is 32.1. The van der Waals surface area contributed by atoms with E-state index in [-0.39, 0.29) is 16.2 Å². The molecule has 1 aliphatic rings. The van der Waals surface area contributed by atoms with E-state index in [1.807, 2.05) is 6.07 Å². The predicted molar refractivity (Wildman–Crippen MR) is 103 cm³/mol. The zero-order valence-electron chi connectivity index (χ0n) is 15.0. The lowest BCUT2D eigenvalue weighted by atomic mass is 9.91. The number of nitrogens with one attached hydrogen (secondary N) is 1. The van der Waals surface area contributed by atoms with Crippen molar-refractivity contribution in [3.8, 4) is 0 Å². The monoisotopic (exact) mass is 402 g/mol. The normalized spacial score (nSPS) is 16.6. The Morgan fingerprint density at radius 1 is 1.11 bits per heavy atom. The first-order valence-corrected chi connectivity index (χ1v) is 8.70. The lowest BCUT2D eigenvalue weighted by Crippen LogP contribution is -2.48. The van der Waals surface area contributed by atoms with Crippen molar-refractivity contribution < 1.29 is 23.1 Å². The third-order valence-electron chi connectivity index (χ3n) is 4.39. The molecule has 0 bridgehead atoms. The van der Waals surface area contributed by atoms with Crippen molar-refractivity contribution in [1.29, 1.82) is 0 Å². The van der Waals surface area contributed by atoms with Gasteiger partial charge in [0.2, 0.25) is 0 Å². The van der Waals surface area contributed by atoms with Crippen LogP contribution in [0.1, 0.15) is 18.5 Å². The smallest absolute Gasteiger partial charge is 0.379 e. The topological polar surface area (TPSA) is 58.6 Å². The van der Waals surface area contributed by atoms with E-state index in [0.29, 0.717) is 11.4 Å². The second kappa shape index (κ2) is 7.85. The van der Waals surface area contributed by atoms with Gasteiger partial charge in [-0.25, -0.2) is 13.6 Å². The highest BCUT2D eigenvalue weighted by Crippen LogP contribution is 2.34. The maximum Gasteiger partial charge on any atom is 0.379 e. The number of ether oxygens (including phenoxy) is 1. The SMILES string of the molecule is COC(=O)C(=O)C1=C(C)N(c2ccccc2)C(=S)N[C@H]1c1ccc(F)c(F)c1. The molecule has 0 unspecified atom stereocenters. The maximum absolute atomic E-state index is 13.8. The van der Waals surface area contributed by atoms with E-state index in [9.17, 15) is 18.4 Å². The Labute approximate surface area is 165 Å². The van der Waals surface area contributed by atoms with Crippen LogP contribution in [-0.2, 0) is 14.3 Å². The number of methoxy groups -OCH3 is 1. The summed E-state index contributed by atoms with van der Waals surface area (Å²) >= 11 is 5.44. The summed E-state index contributed by atoms with van der Waals surface area (Å²) in [6, 6.07) is 11.3. The van der Waals surface area contributed by atoms with Gasteiger partial charge in [0, 0.05) is 11.4 Å². The zero-order valence-corrected chi connectivity index (χ0v) is 15.8. The number of para-hydroxylation sites is 1. The van der Waals surface area contributed by atoms with E-state index >= 15 is 0 Å². The molecule has 0 aromatic heterocycles. The van der Waals surface area contributed by atoms with Gasteiger partial charge in [-0.1, -0.05) is 24.3 Å². The number of ketones is 1. The number of allylic oxidation sites excluding steroid dienone is 1. The average Bonchev–Trinajstić information content (AvgIpc) is 2.69. The van der Waals surface area contributed by atoms with Crippen LogP contribution in [0.4, 0.5) is 14.5 Å². The van der Waals surface area contributed by atoms with E-state index in [1.165, 1.54) is 6.07 Å². The Bertz CT molecular complexity index is 992. The molecule has 3 rings (SSSR count). The van der Waals surface area contributed by atoms with Crippen molar-refractivity contribution in [2.45, 2.75) is 13.0 Å². The molecule has 0 spiro atoms. The first kappa shape index (κ1) is 19.6. The molecule has 0 saturated heterocycles. The summed E-state index contributed by atoms with van der Waals surface area (Å²) < 4.78 is 31.7. The molecular formula is C20H16F2N2O3S. The fourth-order valence-corrected chi connectivity index (χ4v) is 3.43. The number of benzene rings is 2. The number of carbonyl (C=O) groups is 2. The van der Waals surface area contributed by atoms with E-state index in [4.69, 9.17) is 12.2 Å². The number of rotatable bonds is 4. The standard InChI is InChI=1S/C20H16F2N2O3S/c1-11-16(18(25)19(26)27-2)17(12-8-9-14(21)15(22)10-12)23-20(28)24(11)13-6-4-3-5-7-13/h3-10,17H,1-2H3,(H,23,28)/t17-/m0/s1. The van der Waals surface area contributed by atoms with Gasteiger partial charge in [0.15, 0.2) is 16.7 Å². The number of anilines is 1. The number of esters is 1. The predicted octanol–water partition coefficient (Wildman–Crippen LogP) is 3.42. The summed E-state index contributed by atoms with van der Waals surface area (Å²) in [7, 11) is 1.10. The van der Waals surface area contributed by atoms with Crippen LogP contribution in [0.25, 0.3) is 0 Å².